The number of furan rings is 1. The fourth-order valence-corrected chi connectivity index (χ4v) is 3.04. The lowest BCUT2D eigenvalue weighted by molar-refractivity contribution is 0.0118. The van der Waals surface area contributed by atoms with E-state index in [4.69, 9.17) is 13.9 Å². The molecule has 140 valence electrons. The van der Waals surface area contributed by atoms with Gasteiger partial charge in [-0.15, -0.1) is 0 Å². The smallest absolute Gasteiger partial charge is 0.176 e. The topological polar surface area (TPSA) is 63.9 Å². The maximum atomic E-state index is 13.8. The number of carbonyl (C=O) groups excluding carboxylic acids is 1. The van der Waals surface area contributed by atoms with Gasteiger partial charge in [0.1, 0.15) is 5.76 Å². The first-order valence-electron chi connectivity index (χ1n) is 8.61. The Morgan fingerprint density at radius 1 is 1.35 bits per heavy atom. The van der Waals surface area contributed by atoms with E-state index in [1.807, 2.05) is 12.1 Å². The van der Waals surface area contributed by atoms with Crippen molar-refractivity contribution in [2.45, 2.75) is 6.04 Å². The summed E-state index contributed by atoms with van der Waals surface area (Å²) >= 11 is 0. The molecule has 1 N–H and O–H groups in total. The molecule has 1 aromatic heterocycles. The molecule has 1 aliphatic rings. The van der Waals surface area contributed by atoms with Gasteiger partial charge in [-0.25, -0.2) is 4.39 Å². The lowest BCUT2D eigenvalue weighted by Gasteiger charge is -2.33. The van der Waals surface area contributed by atoms with Gasteiger partial charge in [0, 0.05) is 25.2 Å². The van der Waals surface area contributed by atoms with Crippen LogP contribution in [0.5, 0.6) is 5.75 Å². The van der Waals surface area contributed by atoms with Gasteiger partial charge in [-0.2, -0.15) is 0 Å². The second-order valence-corrected chi connectivity index (χ2v) is 6.08. The molecule has 1 aromatic carbocycles. The van der Waals surface area contributed by atoms with Crippen LogP contribution in [0.15, 0.2) is 41.0 Å². The van der Waals surface area contributed by atoms with Crippen LogP contribution in [0.4, 0.5) is 4.39 Å². The second-order valence-electron chi connectivity index (χ2n) is 6.08. The van der Waals surface area contributed by atoms with Crippen molar-refractivity contribution in [1.82, 2.24) is 10.2 Å². The zero-order valence-corrected chi connectivity index (χ0v) is 14.7. The number of benzene rings is 1. The zero-order valence-electron chi connectivity index (χ0n) is 14.7. The Labute approximate surface area is 151 Å². The minimum absolute atomic E-state index is 0.0225. The van der Waals surface area contributed by atoms with Crippen LogP contribution < -0.4 is 10.1 Å². The van der Waals surface area contributed by atoms with E-state index in [1.54, 1.807) is 12.3 Å². The summed E-state index contributed by atoms with van der Waals surface area (Å²) in [5.41, 5.74) is 0.316. The highest BCUT2D eigenvalue weighted by Gasteiger charge is 2.24. The molecule has 1 aliphatic heterocycles. The van der Waals surface area contributed by atoms with Crippen molar-refractivity contribution in [3.05, 3.63) is 53.7 Å². The average Bonchev–Trinajstić information content (AvgIpc) is 3.20. The monoisotopic (exact) mass is 362 g/mol. The van der Waals surface area contributed by atoms with Gasteiger partial charge >= 0.3 is 0 Å². The third kappa shape index (κ3) is 4.49. The van der Waals surface area contributed by atoms with Crippen LogP contribution in [-0.2, 0) is 4.74 Å². The first-order chi connectivity index (χ1) is 12.7. The van der Waals surface area contributed by atoms with E-state index >= 15 is 0 Å². The fourth-order valence-electron chi connectivity index (χ4n) is 3.04. The Balaban J connectivity index is 1.59. The highest BCUT2D eigenvalue weighted by Crippen LogP contribution is 2.22. The number of ether oxygens (including phenoxy) is 2. The van der Waals surface area contributed by atoms with Crippen LogP contribution in [0.25, 0.3) is 0 Å². The van der Waals surface area contributed by atoms with Gasteiger partial charge in [-0.3, -0.25) is 9.69 Å². The Morgan fingerprint density at radius 2 is 2.15 bits per heavy atom. The van der Waals surface area contributed by atoms with Crippen LogP contribution in [0.3, 0.4) is 0 Å². The van der Waals surface area contributed by atoms with Crippen molar-refractivity contribution < 1.29 is 23.1 Å². The number of methoxy groups -OCH3 is 1. The molecule has 0 radical (unpaired) electrons. The molecule has 3 rings (SSSR count). The highest BCUT2D eigenvalue weighted by atomic mass is 19.1. The molecule has 1 unspecified atom stereocenters. The van der Waals surface area contributed by atoms with E-state index in [0.717, 1.165) is 18.8 Å². The molecular weight excluding hydrogens is 339 g/mol. The standard InChI is InChI=1S/C19H23FN2O4/c1-24-18-5-4-14(11-15(18)20)17(23)13-21-12-16(19-3-2-8-26-19)22-6-9-25-10-7-22/h2-5,8,11,16,21H,6-7,9-10,12-13H2,1H3. The van der Waals surface area contributed by atoms with Crippen LogP contribution >= 0.6 is 0 Å². The summed E-state index contributed by atoms with van der Waals surface area (Å²) in [5, 5.41) is 3.17. The molecule has 0 spiro atoms. The number of nitrogens with zero attached hydrogens (tertiary/aromatic N) is 1. The number of rotatable bonds is 8. The minimum Gasteiger partial charge on any atom is -0.494 e. The summed E-state index contributed by atoms with van der Waals surface area (Å²) in [6.07, 6.45) is 1.65. The van der Waals surface area contributed by atoms with Gasteiger partial charge < -0.3 is 19.2 Å². The molecule has 26 heavy (non-hydrogen) atoms. The molecule has 0 saturated carbocycles. The number of morpholine rings is 1. The van der Waals surface area contributed by atoms with Crippen molar-refractivity contribution in [3.8, 4) is 5.75 Å². The van der Waals surface area contributed by atoms with E-state index in [1.165, 1.54) is 19.2 Å². The molecule has 0 bridgehead atoms. The van der Waals surface area contributed by atoms with E-state index < -0.39 is 5.82 Å². The molecule has 0 amide bonds. The number of hydrogen-bond acceptors (Lipinski definition) is 6. The lowest BCUT2D eigenvalue weighted by atomic mass is 10.1. The SMILES string of the molecule is COc1ccc(C(=O)CNCC(c2ccco2)N2CCOCC2)cc1F. The predicted octanol–water partition coefficient (Wildman–Crippen LogP) is 2.27. The maximum Gasteiger partial charge on any atom is 0.176 e. The predicted molar refractivity (Wildman–Crippen MR) is 94.0 cm³/mol. The number of nitrogens with one attached hydrogen (secondary N) is 1. The molecule has 1 fully saturated rings. The normalized spacial score (nSPS) is 16.4. The van der Waals surface area contributed by atoms with Crippen LogP contribution in [0.1, 0.15) is 22.2 Å². The number of halogens is 1. The Kier molecular flexibility index (Phi) is 6.38. The Bertz CT molecular complexity index is 714. The van der Waals surface area contributed by atoms with Gasteiger partial charge in [0.25, 0.3) is 0 Å². The lowest BCUT2D eigenvalue weighted by Crippen LogP contribution is -2.43. The molecule has 2 aromatic rings. The molecule has 7 heteroatoms. The van der Waals surface area contributed by atoms with Crippen molar-refractivity contribution in [1.29, 1.82) is 0 Å². The summed E-state index contributed by atoms with van der Waals surface area (Å²) in [7, 11) is 1.39. The van der Waals surface area contributed by atoms with E-state index in [9.17, 15) is 9.18 Å². The van der Waals surface area contributed by atoms with Crippen molar-refractivity contribution >= 4 is 5.78 Å². The summed E-state index contributed by atoms with van der Waals surface area (Å²) in [6, 6.07) is 8.04. The van der Waals surface area contributed by atoms with Crippen LogP contribution in [0, 0.1) is 5.82 Å². The Hall–Kier alpha value is -2.22. The van der Waals surface area contributed by atoms with Crippen molar-refractivity contribution in [2.24, 2.45) is 0 Å². The highest BCUT2D eigenvalue weighted by molar-refractivity contribution is 5.97. The van der Waals surface area contributed by atoms with Gasteiger partial charge in [0.05, 0.1) is 39.2 Å². The van der Waals surface area contributed by atoms with Crippen molar-refractivity contribution in [3.63, 3.8) is 0 Å². The summed E-state index contributed by atoms with van der Waals surface area (Å²) in [5.74, 6) is 0.258. The molecule has 2 heterocycles. The van der Waals surface area contributed by atoms with Gasteiger partial charge in [-0.05, 0) is 30.3 Å². The summed E-state index contributed by atoms with van der Waals surface area (Å²) in [4.78, 5) is 14.6. The average molecular weight is 362 g/mol. The van der Waals surface area contributed by atoms with E-state index in [2.05, 4.69) is 10.2 Å². The minimum atomic E-state index is -0.542. The summed E-state index contributed by atoms with van der Waals surface area (Å²) in [6.45, 7) is 3.66. The van der Waals surface area contributed by atoms with Gasteiger partial charge in [0.15, 0.2) is 17.3 Å². The summed E-state index contributed by atoms with van der Waals surface area (Å²) < 4.78 is 29.6. The second kappa shape index (κ2) is 8.93. The van der Waals surface area contributed by atoms with Crippen LogP contribution in [0.2, 0.25) is 0 Å². The van der Waals surface area contributed by atoms with E-state index in [0.29, 0.717) is 25.3 Å². The molecule has 1 saturated heterocycles. The maximum absolute atomic E-state index is 13.8. The number of carbonyl (C=O) groups is 1. The molecular formula is C19H23FN2O4. The van der Waals surface area contributed by atoms with Crippen LogP contribution in [-0.4, -0.2) is 57.2 Å². The van der Waals surface area contributed by atoms with Crippen molar-refractivity contribution in [2.75, 3.05) is 46.5 Å². The number of Topliss-reactive ketones (excluding diaryl/α,β-unsaturated/α-hetero) is 1. The largest absolute Gasteiger partial charge is 0.494 e. The first-order valence-corrected chi connectivity index (χ1v) is 8.61. The van der Waals surface area contributed by atoms with Gasteiger partial charge in [-0.1, -0.05) is 0 Å². The van der Waals surface area contributed by atoms with Gasteiger partial charge in [0.2, 0.25) is 0 Å². The molecule has 1 atom stereocenters. The van der Waals surface area contributed by atoms with E-state index in [-0.39, 0.29) is 24.1 Å². The first kappa shape index (κ1) is 18.6. The molecule has 0 aliphatic carbocycles. The number of ketones is 1. The molecule has 6 nitrogen and oxygen atoms in total. The quantitative estimate of drug-likeness (QED) is 0.727. The Morgan fingerprint density at radius 3 is 2.81 bits per heavy atom. The third-order valence-corrected chi connectivity index (χ3v) is 4.46. The third-order valence-electron chi connectivity index (χ3n) is 4.46. The fraction of sp³-hybridized carbons (Fsp3) is 0.421. The number of hydrogen-bond donors (Lipinski definition) is 1. The zero-order chi connectivity index (χ0) is 18.4.